The van der Waals surface area contributed by atoms with Crippen molar-refractivity contribution in [1.29, 1.82) is 0 Å². The second-order valence-corrected chi connectivity index (χ2v) is 19.5. The van der Waals surface area contributed by atoms with Crippen LogP contribution >= 0.6 is 0 Å². The fourth-order valence-electron chi connectivity index (χ4n) is 9.51. The van der Waals surface area contributed by atoms with Gasteiger partial charge in [0, 0.05) is 0 Å². The minimum Gasteiger partial charge on any atom is -0.469 e. The quantitative estimate of drug-likeness (QED) is 0.0311. The molecule has 0 amide bonds. The fraction of sp³-hybridized carbons (Fsp3) is 0.633. The number of esters is 4. The molecule has 0 spiro atoms. The van der Waals surface area contributed by atoms with Gasteiger partial charge >= 0.3 is 23.9 Å². The van der Waals surface area contributed by atoms with Crippen LogP contribution in [-0.4, -0.2) is 68.8 Å². The minimum atomic E-state index is -1.22. The Balaban J connectivity index is 1.52. The molecule has 0 bridgehead atoms. The predicted molar refractivity (Wildman–Crippen MR) is 278 cm³/mol. The van der Waals surface area contributed by atoms with Gasteiger partial charge in [0.05, 0.1) is 42.7 Å². The van der Waals surface area contributed by atoms with Crippen molar-refractivity contribution in [2.24, 2.45) is 11.8 Å². The molecule has 1 fully saturated rings. The zero-order chi connectivity index (χ0) is 49.9. The molecule has 1 aliphatic heterocycles. The molecule has 0 saturated carbocycles. The van der Waals surface area contributed by atoms with Crippen LogP contribution in [0.5, 0.6) is 0 Å². The van der Waals surface area contributed by atoms with Crippen LogP contribution in [0.4, 0.5) is 0 Å². The summed E-state index contributed by atoms with van der Waals surface area (Å²) < 4.78 is 37.0. The molecular formula is C60H88O10. The van der Waals surface area contributed by atoms with Crippen LogP contribution < -0.4 is 0 Å². The predicted octanol–water partition coefficient (Wildman–Crippen LogP) is 15.0. The molecule has 4 rings (SSSR count). The van der Waals surface area contributed by atoms with E-state index in [4.69, 9.17) is 28.4 Å². The number of ether oxygens (including phenoxy) is 6. The van der Waals surface area contributed by atoms with E-state index in [1.165, 1.54) is 136 Å². The highest BCUT2D eigenvalue weighted by atomic mass is 16.7. The van der Waals surface area contributed by atoms with Gasteiger partial charge in [-0.2, -0.15) is 0 Å². The average molecular weight is 969 g/mol. The summed E-state index contributed by atoms with van der Waals surface area (Å²) >= 11 is 0. The monoisotopic (exact) mass is 969 g/mol. The third kappa shape index (κ3) is 23.1. The van der Waals surface area contributed by atoms with Crippen molar-refractivity contribution in [2.45, 2.75) is 212 Å². The number of carbonyl (C=O) groups is 4. The van der Waals surface area contributed by atoms with Gasteiger partial charge in [-0.3, -0.25) is 4.79 Å². The van der Waals surface area contributed by atoms with Crippen LogP contribution in [0.15, 0.2) is 91.0 Å². The highest BCUT2D eigenvalue weighted by Crippen LogP contribution is 2.36. The number of unbranched alkanes of at least 4 members (excludes halogenated alkanes) is 22. The summed E-state index contributed by atoms with van der Waals surface area (Å²) in [5, 5.41) is 0. The van der Waals surface area contributed by atoms with Crippen molar-refractivity contribution < 1.29 is 47.6 Å². The van der Waals surface area contributed by atoms with Gasteiger partial charge < -0.3 is 28.4 Å². The van der Waals surface area contributed by atoms with Crippen LogP contribution in [0, 0.1) is 11.8 Å². The van der Waals surface area contributed by atoms with E-state index in [1.54, 1.807) is 91.0 Å². The first-order valence-corrected chi connectivity index (χ1v) is 27.4. The maximum Gasteiger partial charge on any atom is 0.338 e. The Hall–Kier alpha value is -4.54. The Morgan fingerprint density at radius 1 is 0.486 bits per heavy atom. The highest BCUT2D eigenvalue weighted by Gasteiger charge is 2.52. The lowest BCUT2D eigenvalue weighted by atomic mass is 9.85. The maximum absolute atomic E-state index is 14.0. The molecule has 1 heterocycles. The summed E-state index contributed by atoms with van der Waals surface area (Å²) in [4.78, 5) is 54.5. The van der Waals surface area contributed by atoms with Crippen molar-refractivity contribution in [1.82, 2.24) is 0 Å². The van der Waals surface area contributed by atoms with Gasteiger partial charge in [0.2, 0.25) is 0 Å². The van der Waals surface area contributed by atoms with Crippen LogP contribution in [0.1, 0.15) is 218 Å². The smallest absolute Gasteiger partial charge is 0.338 e. The first-order valence-electron chi connectivity index (χ1n) is 27.4. The molecule has 10 nitrogen and oxygen atoms in total. The zero-order valence-corrected chi connectivity index (χ0v) is 43.2. The zero-order valence-electron chi connectivity index (χ0n) is 43.2. The second kappa shape index (κ2) is 36.4. The molecule has 5 atom stereocenters. The second-order valence-electron chi connectivity index (χ2n) is 19.5. The summed E-state index contributed by atoms with van der Waals surface area (Å²) in [6, 6.07) is 25.6. The molecule has 10 heteroatoms. The van der Waals surface area contributed by atoms with Gasteiger partial charge in [-0.25, -0.2) is 14.4 Å². The van der Waals surface area contributed by atoms with Crippen molar-refractivity contribution in [2.75, 3.05) is 20.3 Å². The number of methoxy groups -OCH3 is 1. The topological polar surface area (TPSA) is 124 Å². The number of hydrogen-bond acceptors (Lipinski definition) is 10. The number of hydrogen-bond donors (Lipinski definition) is 0. The average Bonchev–Trinajstić information content (AvgIpc) is 3.39. The SMILES string of the molecule is CCCCCCCCCCCCCCC(CCCCCCCCCCCCCC)CO[C@@H]1O[C@H](COC(=O)c2ccccc2)[C@H](OC(=O)c2ccccc2)[C@H](CC(=O)OC)[C@H]1OC(=O)c1ccccc1. The largest absolute Gasteiger partial charge is 0.469 e. The van der Waals surface area contributed by atoms with Crippen LogP contribution in [0.2, 0.25) is 0 Å². The minimum absolute atomic E-state index is 0.211. The van der Waals surface area contributed by atoms with Crippen molar-refractivity contribution in [3.05, 3.63) is 108 Å². The Morgan fingerprint density at radius 3 is 1.26 bits per heavy atom. The summed E-state index contributed by atoms with van der Waals surface area (Å²) in [6.45, 7) is 4.52. The summed E-state index contributed by atoms with van der Waals surface area (Å²) in [6.07, 6.45) is 27.6. The van der Waals surface area contributed by atoms with Crippen molar-refractivity contribution in [3.8, 4) is 0 Å². The van der Waals surface area contributed by atoms with E-state index in [1.807, 2.05) is 0 Å². The molecule has 0 N–H and O–H groups in total. The first kappa shape index (κ1) is 58.0. The standard InChI is InChI=1S/C60H88O10/c1-4-6-8-10-12-14-16-18-20-22-24-29-37-48(38-30-25-23-21-19-17-15-13-11-9-7-5-2)46-67-60-56(70-59(64)51-43-35-28-36-44-51)52(45-54(61)65-3)55(69-58(63)50-41-33-27-34-42-50)53(68-60)47-66-57(62)49-39-31-26-32-40-49/h26-28,31-36,39-44,48,52-53,55-56,60H,4-25,29-30,37-38,45-47H2,1-3H3/t52-,53+,55+,56+,60+/m0/s1. The Kier molecular flexibility index (Phi) is 30.2. The molecule has 0 unspecified atom stereocenters. The van der Waals surface area contributed by atoms with Gasteiger partial charge in [-0.05, 0) is 55.2 Å². The van der Waals surface area contributed by atoms with E-state index in [0.717, 1.165) is 38.5 Å². The molecule has 3 aromatic rings. The molecule has 0 aliphatic carbocycles. The molecule has 388 valence electrons. The first-order chi connectivity index (χ1) is 34.3. The number of rotatable bonds is 38. The Morgan fingerprint density at radius 2 is 0.857 bits per heavy atom. The summed E-state index contributed by atoms with van der Waals surface area (Å²) in [5.41, 5.74) is 0.906. The fourth-order valence-corrected chi connectivity index (χ4v) is 9.51. The van der Waals surface area contributed by atoms with Gasteiger partial charge in [0.1, 0.15) is 18.8 Å². The molecular weight excluding hydrogens is 881 g/mol. The van der Waals surface area contributed by atoms with Crippen LogP contribution in [0.25, 0.3) is 0 Å². The van der Waals surface area contributed by atoms with Crippen molar-refractivity contribution >= 4 is 23.9 Å². The maximum atomic E-state index is 14.0. The molecule has 3 aromatic carbocycles. The molecule has 0 radical (unpaired) electrons. The number of benzene rings is 3. The Bertz CT molecular complexity index is 1790. The summed E-state index contributed by atoms with van der Waals surface area (Å²) in [5.74, 6) is -3.32. The molecule has 1 saturated heterocycles. The van der Waals surface area contributed by atoms with Gasteiger partial charge in [-0.15, -0.1) is 0 Å². The van der Waals surface area contributed by atoms with E-state index < -0.39 is 54.4 Å². The third-order valence-electron chi connectivity index (χ3n) is 13.7. The van der Waals surface area contributed by atoms with E-state index >= 15 is 0 Å². The van der Waals surface area contributed by atoms with E-state index in [0.29, 0.717) is 17.7 Å². The van der Waals surface area contributed by atoms with E-state index in [9.17, 15) is 19.2 Å². The van der Waals surface area contributed by atoms with Crippen LogP contribution in [0.3, 0.4) is 0 Å². The summed E-state index contributed by atoms with van der Waals surface area (Å²) in [7, 11) is 1.28. The molecule has 70 heavy (non-hydrogen) atoms. The lowest BCUT2D eigenvalue weighted by Crippen LogP contribution is -2.59. The van der Waals surface area contributed by atoms with Crippen LogP contribution in [-0.2, 0) is 33.2 Å². The lowest BCUT2D eigenvalue weighted by molar-refractivity contribution is -0.291. The molecule has 0 aromatic heterocycles. The van der Waals surface area contributed by atoms with E-state index in [2.05, 4.69) is 13.8 Å². The molecule has 1 aliphatic rings. The third-order valence-corrected chi connectivity index (χ3v) is 13.7. The van der Waals surface area contributed by atoms with Gasteiger partial charge in [0.25, 0.3) is 0 Å². The van der Waals surface area contributed by atoms with E-state index in [-0.39, 0.29) is 24.5 Å². The Labute approximate surface area is 421 Å². The van der Waals surface area contributed by atoms with Crippen molar-refractivity contribution in [3.63, 3.8) is 0 Å². The van der Waals surface area contributed by atoms with Gasteiger partial charge in [0.15, 0.2) is 12.4 Å². The highest BCUT2D eigenvalue weighted by molar-refractivity contribution is 5.90. The lowest BCUT2D eigenvalue weighted by Gasteiger charge is -2.45. The number of carbonyl (C=O) groups excluding carboxylic acids is 4. The van der Waals surface area contributed by atoms with Gasteiger partial charge in [-0.1, -0.05) is 223 Å². The normalized spacial score (nSPS) is 17.8.